The lowest BCUT2D eigenvalue weighted by Gasteiger charge is -2.26. The van der Waals surface area contributed by atoms with Crippen molar-refractivity contribution >= 4 is 21.4 Å². The maximum Gasteiger partial charge on any atom is 0.271 e. The average molecular weight is 301 g/mol. The Labute approximate surface area is 118 Å². The van der Waals surface area contributed by atoms with Gasteiger partial charge in [0, 0.05) is 25.7 Å². The van der Waals surface area contributed by atoms with Crippen LogP contribution in [0.5, 0.6) is 0 Å². The fourth-order valence-electron chi connectivity index (χ4n) is 1.81. The number of hydrogen-bond donors (Lipinski definition) is 1. The zero-order chi connectivity index (χ0) is 15.7. The molecule has 1 aromatic rings. The summed E-state index contributed by atoms with van der Waals surface area (Å²) in [7, 11) is -2.30. The number of nitro benzene ring substituents is 1. The van der Waals surface area contributed by atoms with Gasteiger partial charge in [-0.2, -0.15) is 0 Å². The Bertz CT molecular complexity index is 620. The third kappa shape index (κ3) is 3.67. The van der Waals surface area contributed by atoms with E-state index in [9.17, 15) is 18.5 Å². The van der Waals surface area contributed by atoms with Crippen LogP contribution in [0.25, 0.3) is 0 Å². The van der Waals surface area contributed by atoms with Gasteiger partial charge in [0.05, 0.1) is 10.6 Å². The number of anilines is 1. The zero-order valence-corrected chi connectivity index (χ0v) is 12.8. The van der Waals surface area contributed by atoms with Crippen LogP contribution >= 0.6 is 0 Å². The molecule has 0 saturated heterocycles. The summed E-state index contributed by atoms with van der Waals surface area (Å²) in [6.07, 6.45) is 0. The molecule has 7 nitrogen and oxygen atoms in total. The van der Waals surface area contributed by atoms with Crippen LogP contribution in [-0.4, -0.2) is 31.2 Å². The van der Waals surface area contributed by atoms with Gasteiger partial charge >= 0.3 is 0 Å². The number of nitrogens with zero attached hydrogens (tertiary/aromatic N) is 2. The number of hydrogen-bond acceptors (Lipinski definition) is 5. The fourth-order valence-corrected chi connectivity index (χ4v) is 3.30. The second-order valence-electron chi connectivity index (χ2n) is 5.80. The topological polar surface area (TPSA) is 107 Å². The first-order valence-corrected chi connectivity index (χ1v) is 7.39. The Kier molecular flexibility index (Phi) is 4.40. The van der Waals surface area contributed by atoms with Crippen LogP contribution in [0.4, 0.5) is 11.4 Å². The van der Waals surface area contributed by atoms with Gasteiger partial charge in [0.25, 0.3) is 5.69 Å². The van der Waals surface area contributed by atoms with Gasteiger partial charge in [0.2, 0.25) is 10.0 Å². The van der Waals surface area contributed by atoms with E-state index in [2.05, 4.69) is 0 Å². The van der Waals surface area contributed by atoms with Crippen LogP contribution in [0.3, 0.4) is 0 Å². The summed E-state index contributed by atoms with van der Waals surface area (Å²) in [4.78, 5) is 9.89. The molecule has 20 heavy (non-hydrogen) atoms. The largest absolute Gasteiger partial charge is 0.397 e. The van der Waals surface area contributed by atoms with E-state index in [0.29, 0.717) is 6.54 Å². The zero-order valence-electron chi connectivity index (χ0n) is 12.0. The van der Waals surface area contributed by atoms with E-state index in [1.807, 2.05) is 20.8 Å². The van der Waals surface area contributed by atoms with Gasteiger partial charge in [-0.05, 0) is 11.5 Å². The number of nitro groups is 1. The Morgan fingerprint density at radius 2 is 1.90 bits per heavy atom. The first-order chi connectivity index (χ1) is 8.95. The molecule has 1 rings (SSSR count). The van der Waals surface area contributed by atoms with E-state index >= 15 is 0 Å². The molecule has 0 radical (unpaired) electrons. The minimum absolute atomic E-state index is 0.116. The van der Waals surface area contributed by atoms with E-state index in [1.54, 1.807) is 0 Å². The highest BCUT2D eigenvalue weighted by Gasteiger charge is 2.27. The van der Waals surface area contributed by atoms with Crippen LogP contribution < -0.4 is 5.73 Å². The first kappa shape index (κ1) is 16.4. The van der Waals surface area contributed by atoms with Crippen molar-refractivity contribution in [1.82, 2.24) is 4.31 Å². The van der Waals surface area contributed by atoms with E-state index in [4.69, 9.17) is 5.73 Å². The number of nitrogens with two attached hydrogens (primary N) is 1. The normalized spacial score (nSPS) is 12.7. The van der Waals surface area contributed by atoms with Gasteiger partial charge in [0.1, 0.15) is 4.90 Å². The molecule has 8 heteroatoms. The summed E-state index contributed by atoms with van der Waals surface area (Å²) in [6, 6.07) is 3.36. The highest BCUT2D eigenvalue weighted by molar-refractivity contribution is 7.89. The van der Waals surface area contributed by atoms with Gasteiger partial charge < -0.3 is 5.73 Å². The summed E-state index contributed by atoms with van der Waals surface area (Å²) in [5.74, 6) is 0. The van der Waals surface area contributed by atoms with Gasteiger partial charge in [0.15, 0.2) is 0 Å². The van der Waals surface area contributed by atoms with Crippen LogP contribution in [0.15, 0.2) is 23.1 Å². The molecule has 0 heterocycles. The van der Waals surface area contributed by atoms with Crippen LogP contribution in [0.2, 0.25) is 0 Å². The predicted octanol–water partition coefficient (Wildman–Crippen LogP) is 1.84. The molecule has 0 spiro atoms. The van der Waals surface area contributed by atoms with Crippen molar-refractivity contribution in [2.75, 3.05) is 19.3 Å². The monoisotopic (exact) mass is 301 g/mol. The average Bonchev–Trinajstić information content (AvgIpc) is 2.25. The number of nitrogen functional groups attached to an aromatic ring is 1. The first-order valence-electron chi connectivity index (χ1n) is 5.95. The van der Waals surface area contributed by atoms with Crippen molar-refractivity contribution in [3.63, 3.8) is 0 Å². The Balaban J connectivity index is 3.20. The third-order valence-electron chi connectivity index (χ3n) is 2.59. The Morgan fingerprint density at radius 1 is 1.35 bits per heavy atom. The number of non-ortho nitro benzene ring substituents is 1. The smallest absolute Gasteiger partial charge is 0.271 e. The molecule has 0 unspecified atom stereocenters. The summed E-state index contributed by atoms with van der Waals surface area (Å²) < 4.78 is 26.0. The Hall–Kier alpha value is -1.67. The second-order valence-corrected chi connectivity index (χ2v) is 7.81. The van der Waals surface area contributed by atoms with E-state index in [1.165, 1.54) is 17.4 Å². The molecule has 0 saturated carbocycles. The molecule has 0 aromatic heterocycles. The van der Waals surface area contributed by atoms with Gasteiger partial charge in [-0.3, -0.25) is 10.1 Å². The molecule has 0 atom stereocenters. The van der Waals surface area contributed by atoms with Gasteiger partial charge in [-0.1, -0.05) is 20.8 Å². The highest BCUT2D eigenvalue weighted by atomic mass is 32.2. The third-order valence-corrected chi connectivity index (χ3v) is 4.47. The molecule has 0 aliphatic carbocycles. The maximum atomic E-state index is 12.4. The van der Waals surface area contributed by atoms with Crippen LogP contribution in [0, 0.1) is 15.5 Å². The quantitative estimate of drug-likeness (QED) is 0.519. The van der Waals surface area contributed by atoms with Crippen molar-refractivity contribution in [2.45, 2.75) is 25.7 Å². The summed E-state index contributed by atoms with van der Waals surface area (Å²) >= 11 is 0. The SMILES string of the molecule is CN(CC(C)(C)C)S(=O)(=O)c1ccc([N+](=O)[O-])cc1N. The van der Waals surface area contributed by atoms with E-state index in [-0.39, 0.29) is 21.7 Å². The van der Waals surface area contributed by atoms with Crippen molar-refractivity contribution in [3.8, 4) is 0 Å². The molecular weight excluding hydrogens is 282 g/mol. The van der Waals surface area contributed by atoms with Crippen molar-refractivity contribution in [2.24, 2.45) is 5.41 Å². The number of benzene rings is 1. The van der Waals surface area contributed by atoms with Crippen molar-refractivity contribution in [3.05, 3.63) is 28.3 Å². The van der Waals surface area contributed by atoms with E-state index < -0.39 is 14.9 Å². The number of rotatable bonds is 4. The minimum atomic E-state index is -3.76. The summed E-state index contributed by atoms with van der Waals surface area (Å²) in [6.45, 7) is 6.06. The standard InChI is InChI=1S/C12H19N3O4S/c1-12(2,3)8-14(4)20(18,19)11-6-5-9(15(16)17)7-10(11)13/h5-7H,8,13H2,1-4H3. The van der Waals surface area contributed by atoms with Crippen molar-refractivity contribution in [1.29, 1.82) is 0 Å². The molecule has 0 bridgehead atoms. The fraction of sp³-hybridized carbons (Fsp3) is 0.500. The van der Waals surface area contributed by atoms with Crippen molar-refractivity contribution < 1.29 is 13.3 Å². The molecule has 2 N–H and O–H groups in total. The lowest BCUT2D eigenvalue weighted by molar-refractivity contribution is -0.384. The van der Waals surface area contributed by atoms with Gasteiger partial charge in [-0.25, -0.2) is 12.7 Å². The van der Waals surface area contributed by atoms with E-state index in [0.717, 1.165) is 12.1 Å². The van der Waals surface area contributed by atoms with Crippen LogP contribution in [-0.2, 0) is 10.0 Å². The molecule has 112 valence electrons. The lowest BCUT2D eigenvalue weighted by Crippen LogP contribution is -2.34. The summed E-state index contributed by atoms with van der Waals surface area (Å²) in [5, 5.41) is 10.6. The predicted molar refractivity (Wildman–Crippen MR) is 76.8 cm³/mol. The van der Waals surface area contributed by atoms with Gasteiger partial charge in [-0.15, -0.1) is 0 Å². The number of sulfonamides is 1. The molecule has 0 aliphatic heterocycles. The minimum Gasteiger partial charge on any atom is -0.397 e. The maximum absolute atomic E-state index is 12.4. The molecule has 0 aliphatic rings. The molecule has 1 aromatic carbocycles. The van der Waals surface area contributed by atoms with Crippen LogP contribution in [0.1, 0.15) is 20.8 Å². The highest BCUT2D eigenvalue weighted by Crippen LogP contribution is 2.27. The Morgan fingerprint density at radius 3 is 2.30 bits per heavy atom. The molecule has 0 amide bonds. The molecule has 0 fully saturated rings. The summed E-state index contributed by atoms with van der Waals surface area (Å²) in [5.41, 5.74) is 5.06. The lowest BCUT2D eigenvalue weighted by atomic mass is 9.97. The second kappa shape index (κ2) is 5.37. The molecular formula is C12H19N3O4S.